The average Bonchev–Trinajstić information content (AvgIpc) is 2.18. The second-order valence-electron chi connectivity index (χ2n) is 3.23. The fourth-order valence-corrected chi connectivity index (χ4v) is 1.31. The molecule has 0 bridgehead atoms. The quantitative estimate of drug-likeness (QED) is 0.581. The second-order valence-corrected chi connectivity index (χ2v) is 3.23. The summed E-state index contributed by atoms with van der Waals surface area (Å²) in [6, 6.07) is 4.72. The lowest BCUT2D eigenvalue weighted by Crippen LogP contribution is -2.43. The van der Waals surface area contributed by atoms with Crippen LogP contribution in [0.25, 0.3) is 6.08 Å². The van der Waals surface area contributed by atoms with Crippen LogP contribution in [0.1, 0.15) is 5.56 Å². The molecule has 2 rings (SSSR count). The van der Waals surface area contributed by atoms with Gasteiger partial charge in [0.15, 0.2) is 0 Å². The number of hydrogen-bond acceptors (Lipinski definition) is 4. The molecule has 1 aliphatic rings. The monoisotopic (exact) mass is 207 g/mol. The fraction of sp³-hybridized carbons (Fsp3) is 0.100. The smallest absolute Gasteiger partial charge is 0.381 e. The molecule has 0 amide bonds. The largest absolute Gasteiger partial charge is 0.476 e. The highest BCUT2D eigenvalue weighted by molar-refractivity contribution is 5.82. The molecule has 0 fully saturated rings. The Morgan fingerprint density at radius 1 is 1.47 bits per heavy atom. The highest BCUT2D eigenvalue weighted by Crippen LogP contribution is 2.31. The number of carbonyl (C=O) groups is 1. The van der Waals surface area contributed by atoms with Gasteiger partial charge in [0, 0.05) is 11.3 Å². The van der Waals surface area contributed by atoms with E-state index in [0.29, 0.717) is 11.3 Å². The van der Waals surface area contributed by atoms with E-state index < -0.39 is 11.8 Å². The molecule has 5 nitrogen and oxygen atoms in total. The Hall–Kier alpha value is -2.01. The van der Waals surface area contributed by atoms with Gasteiger partial charge in [0.05, 0.1) is 0 Å². The predicted molar refractivity (Wildman–Crippen MR) is 53.1 cm³/mol. The van der Waals surface area contributed by atoms with Gasteiger partial charge in [-0.25, -0.2) is 4.79 Å². The number of benzene rings is 1. The second kappa shape index (κ2) is 2.99. The first-order chi connectivity index (χ1) is 7.01. The van der Waals surface area contributed by atoms with E-state index in [-0.39, 0.29) is 5.75 Å². The lowest BCUT2D eigenvalue weighted by Gasteiger charge is -2.25. The van der Waals surface area contributed by atoms with Crippen LogP contribution < -0.4 is 10.5 Å². The zero-order chi connectivity index (χ0) is 11.1. The van der Waals surface area contributed by atoms with E-state index in [4.69, 9.17) is 15.6 Å². The number of hydrogen-bond donors (Lipinski definition) is 3. The Kier molecular flexibility index (Phi) is 1.90. The van der Waals surface area contributed by atoms with Crippen molar-refractivity contribution < 1.29 is 19.7 Å². The number of fused-ring (bicyclic) bond motifs is 1. The van der Waals surface area contributed by atoms with Gasteiger partial charge in [-0.3, -0.25) is 0 Å². The summed E-state index contributed by atoms with van der Waals surface area (Å²) >= 11 is 0. The highest BCUT2D eigenvalue weighted by atomic mass is 16.6. The SMILES string of the molecule is Nc1ccc2c(c1)C=CC(O)(C(=O)O)O2. The first-order valence-corrected chi connectivity index (χ1v) is 4.25. The third-order valence-corrected chi connectivity index (χ3v) is 2.09. The van der Waals surface area contributed by atoms with Crippen molar-refractivity contribution in [2.24, 2.45) is 0 Å². The van der Waals surface area contributed by atoms with Crippen LogP contribution in [-0.2, 0) is 4.79 Å². The summed E-state index contributed by atoms with van der Waals surface area (Å²) in [5, 5.41) is 18.3. The van der Waals surface area contributed by atoms with E-state index in [1.165, 1.54) is 12.1 Å². The van der Waals surface area contributed by atoms with Crippen LogP contribution in [0.3, 0.4) is 0 Å². The fourth-order valence-electron chi connectivity index (χ4n) is 1.31. The zero-order valence-corrected chi connectivity index (χ0v) is 7.68. The molecule has 1 atom stereocenters. The van der Waals surface area contributed by atoms with Crippen LogP contribution in [0.4, 0.5) is 5.69 Å². The molecule has 1 aliphatic heterocycles. The van der Waals surface area contributed by atoms with Crippen LogP contribution in [-0.4, -0.2) is 22.0 Å². The van der Waals surface area contributed by atoms with Crippen molar-refractivity contribution in [3.63, 3.8) is 0 Å². The summed E-state index contributed by atoms with van der Waals surface area (Å²) in [5.41, 5.74) is 6.72. The molecule has 1 unspecified atom stereocenters. The van der Waals surface area contributed by atoms with Crippen molar-refractivity contribution in [1.82, 2.24) is 0 Å². The number of nitrogens with two attached hydrogens (primary N) is 1. The van der Waals surface area contributed by atoms with Crippen LogP contribution in [0.5, 0.6) is 5.75 Å². The van der Waals surface area contributed by atoms with Gasteiger partial charge in [-0.1, -0.05) is 0 Å². The van der Waals surface area contributed by atoms with Gasteiger partial charge in [-0.05, 0) is 30.4 Å². The lowest BCUT2D eigenvalue weighted by molar-refractivity contribution is -0.180. The summed E-state index contributed by atoms with van der Waals surface area (Å²) in [7, 11) is 0. The summed E-state index contributed by atoms with van der Waals surface area (Å²) in [6.45, 7) is 0. The van der Waals surface area contributed by atoms with Gasteiger partial charge in [-0.2, -0.15) is 0 Å². The standard InChI is InChI=1S/C10H9NO4/c11-7-1-2-8-6(5-7)3-4-10(14,15-8)9(12)13/h1-5,14H,11H2,(H,12,13). The van der Waals surface area contributed by atoms with Crippen molar-refractivity contribution in [3.05, 3.63) is 29.8 Å². The number of carboxylic acid groups (broad SMARTS) is 1. The molecular formula is C10H9NO4. The van der Waals surface area contributed by atoms with Crippen molar-refractivity contribution >= 4 is 17.7 Å². The van der Waals surface area contributed by atoms with Crippen LogP contribution >= 0.6 is 0 Å². The number of anilines is 1. The minimum atomic E-state index is -2.29. The summed E-state index contributed by atoms with van der Waals surface area (Å²) in [5.74, 6) is -3.46. The van der Waals surface area contributed by atoms with Crippen molar-refractivity contribution in [2.75, 3.05) is 5.73 Å². The Bertz CT molecular complexity index is 455. The maximum Gasteiger partial charge on any atom is 0.381 e. The predicted octanol–water partition coefficient (Wildman–Crippen LogP) is 0.448. The number of carboxylic acids is 1. The number of ether oxygens (including phenoxy) is 1. The van der Waals surface area contributed by atoms with Gasteiger partial charge in [0.2, 0.25) is 0 Å². The minimum Gasteiger partial charge on any atom is -0.476 e. The average molecular weight is 207 g/mol. The van der Waals surface area contributed by atoms with Crippen LogP contribution in [0.2, 0.25) is 0 Å². The van der Waals surface area contributed by atoms with Gasteiger partial charge in [0.25, 0.3) is 0 Å². The van der Waals surface area contributed by atoms with E-state index in [0.717, 1.165) is 6.08 Å². The van der Waals surface area contributed by atoms with E-state index in [9.17, 15) is 9.90 Å². The molecule has 0 saturated heterocycles. The lowest BCUT2D eigenvalue weighted by atomic mass is 10.1. The number of nitrogen functional groups attached to an aromatic ring is 1. The normalized spacial score (nSPS) is 23.0. The summed E-state index contributed by atoms with van der Waals surface area (Å²) in [6.07, 6.45) is 2.53. The number of aliphatic carboxylic acids is 1. The zero-order valence-electron chi connectivity index (χ0n) is 7.68. The van der Waals surface area contributed by atoms with E-state index in [1.54, 1.807) is 12.1 Å². The molecule has 1 aromatic carbocycles. The van der Waals surface area contributed by atoms with Crippen molar-refractivity contribution in [2.45, 2.75) is 5.79 Å². The van der Waals surface area contributed by atoms with Gasteiger partial charge in [-0.15, -0.1) is 0 Å². The summed E-state index contributed by atoms with van der Waals surface area (Å²) < 4.78 is 4.95. The van der Waals surface area contributed by atoms with Gasteiger partial charge in [0.1, 0.15) is 5.75 Å². The Balaban J connectivity index is 2.44. The first kappa shape index (κ1) is 9.54. The third kappa shape index (κ3) is 1.53. The highest BCUT2D eigenvalue weighted by Gasteiger charge is 2.38. The topological polar surface area (TPSA) is 92.8 Å². The number of rotatable bonds is 1. The molecule has 0 aromatic heterocycles. The first-order valence-electron chi connectivity index (χ1n) is 4.25. The third-order valence-electron chi connectivity index (χ3n) is 2.09. The van der Waals surface area contributed by atoms with E-state index >= 15 is 0 Å². The molecule has 1 aromatic rings. The molecule has 0 saturated carbocycles. The van der Waals surface area contributed by atoms with Gasteiger partial charge < -0.3 is 20.7 Å². The molecular weight excluding hydrogens is 198 g/mol. The van der Waals surface area contributed by atoms with Crippen LogP contribution in [0.15, 0.2) is 24.3 Å². The van der Waals surface area contributed by atoms with Gasteiger partial charge >= 0.3 is 11.8 Å². The number of aliphatic hydroxyl groups is 1. The molecule has 15 heavy (non-hydrogen) atoms. The van der Waals surface area contributed by atoms with Crippen molar-refractivity contribution in [1.29, 1.82) is 0 Å². The minimum absolute atomic E-state index is 0.289. The van der Waals surface area contributed by atoms with E-state index in [1.807, 2.05) is 0 Å². The maximum atomic E-state index is 10.7. The molecule has 0 radical (unpaired) electrons. The molecule has 78 valence electrons. The van der Waals surface area contributed by atoms with Crippen molar-refractivity contribution in [3.8, 4) is 5.75 Å². The molecule has 5 heteroatoms. The Morgan fingerprint density at radius 3 is 2.87 bits per heavy atom. The Labute approximate surface area is 85.4 Å². The molecule has 0 spiro atoms. The maximum absolute atomic E-state index is 10.7. The van der Waals surface area contributed by atoms with Crippen LogP contribution in [0, 0.1) is 0 Å². The Morgan fingerprint density at radius 2 is 2.20 bits per heavy atom. The summed E-state index contributed by atoms with van der Waals surface area (Å²) in [4.78, 5) is 10.7. The molecule has 4 N–H and O–H groups in total. The molecule has 1 heterocycles. The molecule has 0 aliphatic carbocycles. The van der Waals surface area contributed by atoms with E-state index in [2.05, 4.69) is 0 Å².